The van der Waals surface area contributed by atoms with Crippen LogP contribution in [-0.2, 0) is 6.42 Å². The minimum Gasteiger partial charge on any atom is -0.360 e. The highest BCUT2D eigenvalue weighted by atomic mass is 35.5. The Balaban J connectivity index is 1.94. The number of aromatic nitrogens is 1. The zero-order chi connectivity index (χ0) is 14.8. The molecule has 0 fully saturated rings. The summed E-state index contributed by atoms with van der Waals surface area (Å²) < 4.78 is 0. The Morgan fingerprint density at radius 1 is 1.24 bits per heavy atom. The summed E-state index contributed by atoms with van der Waals surface area (Å²) in [4.78, 5) is 15.6. The molecule has 0 spiro atoms. The van der Waals surface area contributed by atoms with Crippen LogP contribution in [0.5, 0.6) is 0 Å². The van der Waals surface area contributed by atoms with E-state index in [4.69, 9.17) is 11.6 Å². The number of amides is 1. The van der Waals surface area contributed by atoms with Crippen LogP contribution in [0, 0.1) is 0 Å². The molecule has 0 aliphatic heterocycles. The predicted molar refractivity (Wildman–Crippen MR) is 87.1 cm³/mol. The molecule has 3 nitrogen and oxygen atoms in total. The number of carbonyl (C=O) groups excluding carboxylic acids is 1. The minimum absolute atomic E-state index is 0.121. The molecule has 3 aromatic rings. The van der Waals surface area contributed by atoms with Crippen LogP contribution in [0.1, 0.15) is 22.8 Å². The number of rotatable bonds is 3. The fourth-order valence-electron chi connectivity index (χ4n) is 2.43. The molecule has 1 aromatic heterocycles. The van der Waals surface area contributed by atoms with E-state index in [-0.39, 0.29) is 5.91 Å². The van der Waals surface area contributed by atoms with Gasteiger partial charge in [0.2, 0.25) is 0 Å². The Kier molecular flexibility index (Phi) is 3.67. The lowest BCUT2D eigenvalue weighted by atomic mass is 10.1. The van der Waals surface area contributed by atoms with Crippen LogP contribution in [-0.4, -0.2) is 10.9 Å². The second kappa shape index (κ2) is 5.62. The topological polar surface area (TPSA) is 44.9 Å². The molecule has 0 saturated carbocycles. The van der Waals surface area contributed by atoms with E-state index in [1.54, 1.807) is 12.3 Å². The van der Waals surface area contributed by atoms with Crippen LogP contribution >= 0.6 is 11.6 Å². The van der Waals surface area contributed by atoms with Gasteiger partial charge < -0.3 is 10.3 Å². The van der Waals surface area contributed by atoms with Gasteiger partial charge >= 0.3 is 0 Å². The summed E-state index contributed by atoms with van der Waals surface area (Å²) in [5, 5.41) is 4.49. The van der Waals surface area contributed by atoms with E-state index >= 15 is 0 Å². The first-order valence-corrected chi connectivity index (χ1v) is 7.22. The highest BCUT2D eigenvalue weighted by Crippen LogP contribution is 2.23. The van der Waals surface area contributed by atoms with Gasteiger partial charge in [0.25, 0.3) is 5.91 Å². The Labute approximate surface area is 127 Å². The molecule has 106 valence electrons. The summed E-state index contributed by atoms with van der Waals surface area (Å²) in [6, 6.07) is 13.3. The van der Waals surface area contributed by atoms with Gasteiger partial charge in [0, 0.05) is 27.8 Å². The highest BCUT2D eigenvalue weighted by molar-refractivity contribution is 6.31. The van der Waals surface area contributed by atoms with Crippen molar-refractivity contribution in [1.82, 2.24) is 4.98 Å². The van der Waals surface area contributed by atoms with Crippen LogP contribution in [0.15, 0.2) is 48.7 Å². The van der Waals surface area contributed by atoms with Gasteiger partial charge in [0.15, 0.2) is 0 Å². The van der Waals surface area contributed by atoms with Gasteiger partial charge in [-0.15, -0.1) is 0 Å². The van der Waals surface area contributed by atoms with Crippen LogP contribution in [0.2, 0.25) is 5.02 Å². The first-order valence-electron chi connectivity index (χ1n) is 6.85. The molecule has 2 aromatic carbocycles. The largest absolute Gasteiger partial charge is 0.360 e. The van der Waals surface area contributed by atoms with Gasteiger partial charge in [0.1, 0.15) is 0 Å². The minimum atomic E-state index is -0.121. The lowest BCUT2D eigenvalue weighted by molar-refractivity contribution is 0.102. The van der Waals surface area contributed by atoms with E-state index in [0.29, 0.717) is 10.6 Å². The molecule has 0 aliphatic rings. The van der Waals surface area contributed by atoms with E-state index in [0.717, 1.165) is 28.6 Å². The van der Waals surface area contributed by atoms with Gasteiger partial charge in [-0.05, 0) is 30.2 Å². The molecule has 3 rings (SSSR count). The van der Waals surface area contributed by atoms with E-state index in [1.165, 1.54) is 0 Å². The molecule has 1 amide bonds. The predicted octanol–water partition coefficient (Wildman–Crippen LogP) is 4.64. The van der Waals surface area contributed by atoms with Gasteiger partial charge in [0.05, 0.1) is 5.56 Å². The number of carbonyl (C=O) groups is 1. The smallest absolute Gasteiger partial charge is 0.257 e. The van der Waals surface area contributed by atoms with Crippen molar-refractivity contribution >= 4 is 34.1 Å². The molecule has 4 heteroatoms. The molecule has 0 aliphatic carbocycles. The quantitative estimate of drug-likeness (QED) is 0.727. The molecule has 21 heavy (non-hydrogen) atoms. The van der Waals surface area contributed by atoms with E-state index < -0.39 is 0 Å². The van der Waals surface area contributed by atoms with Crippen LogP contribution < -0.4 is 5.32 Å². The Morgan fingerprint density at radius 2 is 2.05 bits per heavy atom. The Hall–Kier alpha value is -2.26. The molecule has 0 unspecified atom stereocenters. The summed E-state index contributed by atoms with van der Waals surface area (Å²) in [7, 11) is 0. The van der Waals surface area contributed by atoms with Gasteiger partial charge in [-0.3, -0.25) is 4.79 Å². The standard InChI is InChI=1S/C17H15ClN2O/c1-2-11-5-3-4-6-15(11)20-17(21)14-10-19-16-9-12(18)7-8-13(14)16/h3-10,19H,2H2,1H3,(H,20,21). The normalized spacial score (nSPS) is 10.8. The summed E-state index contributed by atoms with van der Waals surface area (Å²) >= 11 is 5.96. The van der Waals surface area contributed by atoms with Crippen molar-refractivity contribution < 1.29 is 4.79 Å². The number of nitrogens with one attached hydrogen (secondary N) is 2. The molecule has 0 atom stereocenters. The number of para-hydroxylation sites is 1. The summed E-state index contributed by atoms with van der Waals surface area (Å²) in [6.45, 7) is 2.07. The van der Waals surface area contributed by atoms with Crippen LogP contribution in [0.25, 0.3) is 10.9 Å². The highest BCUT2D eigenvalue weighted by Gasteiger charge is 2.13. The van der Waals surface area contributed by atoms with E-state index in [9.17, 15) is 4.79 Å². The monoisotopic (exact) mass is 298 g/mol. The SMILES string of the molecule is CCc1ccccc1NC(=O)c1c[nH]c2cc(Cl)ccc12. The fourth-order valence-corrected chi connectivity index (χ4v) is 2.60. The zero-order valence-electron chi connectivity index (χ0n) is 11.6. The maximum atomic E-state index is 12.5. The maximum Gasteiger partial charge on any atom is 0.257 e. The van der Waals surface area contributed by atoms with Gasteiger partial charge in [-0.25, -0.2) is 0 Å². The summed E-state index contributed by atoms with van der Waals surface area (Å²) in [5.41, 5.74) is 3.45. The van der Waals surface area contributed by atoms with Crippen molar-refractivity contribution in [3.05, 3.63) is 64.8 Å². The van der Waals surface area contributed by atoms with Crippen LogP contribution in [0.3, 0.4) is 0 Å². The molecule has 0 bridgehead atoms. The number of H-pyrrole nitrogens is 1. The van der Waals surface area contributed by atoms with E-state index in [2.05, 4.69) is 17.2 Å². The van der Waals surface area contributed by atoms with Crippen molar-refractivity contribution in [2.24, 2.45) is 0 Å². The number of aromatic amines is 1. The lowest BCUT2D eigenvalue weighted by Gasteiger charge is -2.09. The second-order valence-electron chi connectivity index (χ2n) is 4.86. The number of aryl methyl sites for hydroxylation is 1. The van der Waals surface area contributed by atoms with Gasteiger partial charge in [-0.1, -0.05) is 42.8 Å². The van der Waals surface area contributed by atoms with Crippen molar-refractivity contribution in [3.8, 4) is 0 Å². The Bertz CT molecular complexity index is 807. The third-order valence-corrected chi connectivity index (χ3v) is 3.77. The van der Waals surface area contributed by atoms with Gasteiger partial charge in [-0.2, -0.15) is 0 Å². The van der Waals surface area contributed by atoms with Crippen molar-refractivity contribution in [1.29, 1.82) is 0 Å². The number of hydrogen-bond acceptors (Lipinski definition) is 1. The molecular formula is C17H15ClN2O. The Morgan fingerprint density at radius 3 is 2.86 bits per heavy atom. The average molecular weight is 299 g/mol. The average Bonchev–Trinajstić information content (AvgIpc) is 2.90. The zero-order valence-corrected chi connectivity index (χ0v) is 12.4. The summed E-state index contributed by atoms with van der Waals surface area (Å²) in [5.74, 6) is -0.121. The number of anilines is 1. The fraction of sp³-hybridized carbons (Fsp3) is 0.118. The molecule has 2 N–H and O–H groups in total. The molecule has 0 radical (unpaired) electrons. The van der Waals surface area contributed by atoms with Crippen molar-refractivity contribution in [2.75, 3.05) is 5.32 Å². The summed E-state index contributed by atoms with van der Waals surface area (Å²) in [6.07, 6.45) is 2.59. The number of benzene rings is 2. The third kappa shape index (κ3) is 2.65. The second-order valence-corrected chi connectivity index (χ2v) is 5.29. The van der Waals surface area contributed by atoms with Crippen LogP contribution in [0.4, 0.5) is 5.69 Å². The van der Waals surface area contributed by atoms with Crippen molar-refractivity contribution in [3.63, 3.8) is 0 Å². The molecule has 0 saturated heterocycles. The molecular weight excluding hydrogens is 284 g/mol. The maximum absolute atomic E-state index is 12.5. The van der Waals surface area contributed by atoms with E-state index in [1.807, 2.05) is 36.4 Å². The first kappa shape index (κ1) is 13.7. The number of fused-ring (bicyclic) bond motifs is 1. The number of halogens is 1. The first-order chi connectivity index (χ1) is 10.2. The lowest BCUT2D eigenvalue weighted by Crippen LogP contribution is -2.12. The molecule has 1 heterocycles. The van der Waals surface area contributed by atoms with Crippen molar-refractivity contribution in [2.45, 2.75) is 13.3 Å². The number of hydrogen-bond donors (Lipinski definition) is 2. The third-order valence-electron chi connectivity index (χ3n) is 3.53.